The highest BCUT2D eigenvalue weighted by Crippen LogP contribution is 2.11. The quantitative estimate of drug-likeness (QED) is 0.339. The van der Waals surface area contributed by atoms with Crippen LogP contribution in [0.4, 0.5) is 0 Å². The monoisotopic (exact) mass is 223 g/mol. The fraction of sp³-hybridized carbons (Fsp3) is 0.812. The van der Waals surface area contributed by atoms with Gasteiger partial charge in [-0.3, -0.25) is 0 Å². The molecule has 0 aliphatic carbocycles. The van der Waals surface area contributed by atoms with E-state index in [2.05, 4.69) is 20.3 Å². The lowest BCUT2D eigenvalue weighted by Gasteiger charge is -2.02. The molecule has 3 radical (unpaired) electrons. The predicted molar refractivity (Wildman–Crippen MR) is 75.0 cm³/mol. The number of hydrogen-bond acceptors (Lipinski definition) is 0. The van der Waals surface area contributed by atoms with Gasteiger partial charge >= 0.3 is 0 Å². The van der Waals surface area contributed by atoms with Gasteiger partial charge in [-0.2, -0.15) is 0 Å². The van der Waals surface area contributed by atoms with Gasteiger partial charge in [0.2, 0.25) is 0 Å². The van der Waals surface area contributed by atoms with Crippen molar-refractivity contribution in [3.63, 3.8) is 0 Å². The molecule has 0 atom stereocenters. The van der Waals surface area contributed by atoms with E-state index < -0.39 is 0 Å². The fourth-order valence-corrected chi connectivity index (χ4v) is 1.96. The molecule has 0 rings (SSSR count). The normalized spacial score (nSPS) is 10.9. The zero-order valence-electron chi connectivity index (χ0n) is 11.2. The Morgan fingerprint density at radius 3 is 1.38 bits per heavy atom. The second-order valence-electron chi connectivity index (χ2n) is 4.76. The second-order valence-corrected chi connectivity index (χ2v) is 4.76. The summed E-state index contributed by atoms with van der Waals surface area (Å²) >= 11 is 0. The first-order chi connectivity index (χ1) is 7.91. The molecular formula is C16H31. The summed E-state index contributed by atoms with van der Waals surface area (Å²) in [5.41, 5.74) is 0. The van der Waals surface area contributed by atoms with E-state index in [0.717, 1.165) is 12.8 Å². The Morgan fingerprint density at radius 1 is 0.500 bits per heavy atom. The lowest BCUT2D eigenvalue weighted by Crippen LogP contribution is -1.83. The summed E-state index contributed by atoms with van der Waals surface area (Å²) in [6.45, 7) is 7.73. The van der Waals surface area contributed by atoms with Crippen LogP contribution < -0.4 is 0 Å². The van der Waals surface area contributed by atoms with Crippen LogP contribution in [0.25, 0.3) is 0 Å². The first-order valence-corrected chi connectivity index (χ1v) is 7.32. The van der Waals surface area contributed by atoms with Crippen molar-refractivity contribution in [2.45, 2.75) is 83.5 Å². The van der Waals surface area contributed by atoms with Crippen molar-refractivity contribution in [3.05, 3.63) is 20.3 Å². The molecule has 0 spiro atoms. The Balaban J connectivity index is 2.83. The minimum atomic E-state index is 1.10. The summed E-state index contributed by atoms with van der Waals surface area (Å²) in [6.07, 6.45) is 19.8. The Kier molecular flexibility index (Phi) is 15.0. The number of hydrogen-bond donors (Lipinski definition) is 0. The van der Waals surface area contributed by atoms with E-state index >= 15 is 0 Å². The average molecular weight is 223 g/mol. The Morgan fingerprint density at radius 2 is 0.875 bits per heavy atom. The molecule has 0 fully saturated rings. The molecule has 0 aromatic rings. The molecule has 0 saturated carbocycles. The highest BCUT2D eigenvalue weighted by Gasteiger charge is 1.93. The molecular weight excluding hydrogens is 192 g/mol. The van der Waals surface area contributed by atoms with Crippen LogP contribution in [-0.2, 0) is 0 Å². The third kappa shape index (κ3) is 14.0. The van der Waals surface area contributed by atoms with Gasteiger partial charge in [0.15, 0.2) is 0 Å². The van der Waals surface area contributed by atoms with Crippen molar-refractivity contribution in [1.82, 2.24) is 0 Å². The number of rotatable bonds is 13. The molecule has 0 N–H and O–H groups in total. The number of unbranched alkanes of at least 4 members (excludes halogenated alkanes) is 13. The third-order valence-electron chi connectivity index (χ3n) is 3.07. The van der Waals surface area contributed by atoms with Crippen LogP contribution in [0.3, 0.4) is 0 Å². The van der Waals surface area contributed by atoms with Crippen molar-refractivity contribution < 1.29 is 0 Å². The molecule has 0 bridgehead atoms. The van der Waals surface area contributed by atoms with Crippen LogP contribution in [0.5, 0.6) is 0 Å². The Bertz CT molecular complexity index is 92.6. The molecule has 0 heterocycles. The summed E-state index contributed by atoms with van der Waals surface area (Å²) in [5, 5.41) is 0. The standard InChI is InChI=1S/C16H31/c1-3-5-7-9-11-13-15-16-14-12-10-8-6-4-2/h13H,1-12,14-16H2. The first-order valence-electron chi connectivity index (χ1n) is 7.32. The van der Waals surface area contributed by atoms with Crippen molar-refractivity contribution >= 4 is 0 Å². The molecule has 0 aliphatic rings. The summed E-state index contributed by atoms with van der Waals surface area (Å²) < 4.78 is 0. The topological polar surface area (TPSA) is 0 Å². The Labute approximate surface area is 104 Å². The van der Waals surface area contributed by atoms with Crippen LogP contribution in [0.2, 0.25) is 0 Å². The van der Waals surface area contributed by atoms with Crippen LogP contribution in [0.15, 0.2) is 0 Å². The van der Waals surface area contributed by atoms with Crippen molar-refractivity contribution in [2.24, 2.45) is 0 Å². The molecule has 0 aromatic carbocycles. The van der Waals surface area contributed by atoms with Crippen molar-refractivity contribution in [3.8, 4) is 0 Å². The minimum Gasteiger partial charge on any atom is -0.0533 e. The van der Waals surface area contributed by atoms with E-state index in [1.807, 2.05) is 0 Å². The molecule has 0 heteroatoms. The van der Waals surface area contributed by atoms with Crippen LogP contribution >= 0.6 is 0 Å². The highest BCUT2D eigenvalue weighted by atomic mass is 14.0. The van der Waals surface area contributed by atoms with E-state index in [-0.39, 0.29) is 0 Å². The van der Waals surface area contributed by atoms with Crippen LogP contribution in [0, 0.1) is 20.3 Å². The van der Waals surface area contributed by atoms with E-state index in [4.69, 9.17) is 0 Å². The minimum absolute atomic E-state index is 1.10. The van der Waals surface area contributed by atoms with Crippen LogP contribution in [0.1, 0.15) is 83.5 Å². The lowest BCUT2D eigenvalue weighted by molar-refractivity contribution is 0.585. The zero-order chi connectivity index (χ0) is 11.9. The molecule has 0 aliphatic heterocycles. The maximum Gasteiger partial charge on any atom is -0.0386 e. The average Bonchev–Trinajstić information content (AvgIpc) is 2.31. The van der Waals surface area contributed by atoms with Gasteiger partial charge in [0.25, 0.3) is 0 Å². The zero-order valence-corrected chi connectivity index (χ0v) is 11.2. The molecule has 0 saturated heterocycles. The van der Waals surface area contributed by atoms with Crippen molar-refractivity contribution in [1.29, 1.82) is 0 Å². The first kappa shape index (κ1) is 16.0. The summed E-state index contributed by atoms with van der Waals surface area (Å²) in [7, 11) is 0. The third-order valence-corrected chi connectivity index (χ3v) is 3.07. The van der Waals surface area contributed by atoms with E-state index in [1.54, 1.807) is 0 Å². The van der Waals surface area contributed by atoms with E-state index in [9.17, 15) is 0 Å². The Hall–Kier alpha value is 0. The highest BCUT2D eigenvalue weighted by molar-refractivity contribution is 4.64. The summed E-state index contributed by atoms with van der Waals surface area (Å²) in [4.78, 5) is 0. The molecule has 0 amide bonds. The van der Waals surface area contributed by atoms with E-state index in [0.29, 0.717) is 0 Å². The van der Waals surface area contributed by atoms with Crippen molar-refractivity contribution in [2.75, 3.05) is 0 Å². The maximum absolute atomic E-state index is 3.87. The molecule has 16 heavy (non-hydrogen) atoms. The SMILES string of the molecule is [CH2]CCCCC[CH]CCCCCCCC[CH2]. The largest absolute Gasteiger partial charge is 0.0533 e. The smallest absolute Gasteiger partial charge is 0.0386 e. The molecule has 95 valence electrons. The van der Waals surface area contributed by atoms with Gasteiger partial charge in [-0.05, 0) is 6.42 Å². The molecule has 0 aromatic heterocycles. The molecule has 0 nitrogen and oxygen atoms in total. The maximum atomic E-state index is 3.87. The molecule has 0 unspecified atom stereocenters. The van der Waals surface area contributed by atoms with E-state index in [1.165, 1.54) is 70.6 Å². The van der Waals surface area contributed by atoms with Crippen LogP contribution in [-0.4, -0.2) is 0 Å². The van der Waals surface area contributed by atoms with Gasteiger partial charge in [-0.15, -0.1) is 0 Å². The van der Waals surface area contributed by atoms with Gasteiger partial charge in [-0.25, -0.2) is 0 Å². The lowest BCUT2D eigenvalue weighted by atomic mass is 10.0. The second kappa shape index (κ2) is 15.0. The van der Waals surface area contributed by atoms with Gasteiger partial charge in [0, 0.05) is 0 Å². The fourth-order valence-electron chi connectivity index (χ4n) is 1.96. The summed E-state index contributed by atoms with van der Waals surface area (Å²) in [5.74, 6) is 0. The predicted octanol–water partition coefficient (Wildman–Crippen LogP) is 5.93. The van der Waals surface area contributed by atoms with Gasteiger partial charge < -0.3 is 0 Å². The summed E-state index contributed by atoms with van der Waals surface area (Å²) in [6, 6.07) is 0. The van der Waals surface area contributed by atoms with Gasteiger partial charge in [0.05, 0.1) is 0 Å². The van der Waals surface area contributed by atoms with Gasteiger partial charge in [-0.1, -0.05) is 97.3 Å². The van der Waals surface area contributed by atoms with Gasteiger partial charge in [0.1, 0.15) is 0 Å².